The number of nitrogens with zero attached hydrogens (tertiary/aromatic N) is 2. The van der Waals surface area contributed by atoms with Crippen LogP contribution in [0.5, 0.6) is 0 Å². The van der Waals surface area contributed by atoms with Gasteiger partial charge in [0.25, 0.3) is 5.91 Å². The van der Waals surface area contributed by atoms with Crippen LogP contribution in [0.25, 0.3) is 0 Å². The molecule has 0 saturated heterocycles. The monoisotopic (exact) mass is 278 g/mol. The molecule has 1 saturated carbocycles. The van der Waals surface area contributed by atoms with E-state index >= 15 is 0 Å². The predicted molar refractivity (Wildman–Crippen MR) is 80.7 cm³/mol. The van der Waals surface area contributed by atoms with E-state index in [1.54, 1.807) is 0 Å². The summed E-state index contributed by atoms with van der Waals surface area (Å²) in [7, 11) is 0. The summed E-state index contributed by atoms with van der Waals surface area (Å²) in [4.78, 5) is 14.6. The Labute approximate surface area is 120 Å². The summed E-state index contributed by atoms with van der Waals surface area (Å²) >= 11 is 0. The number of carbonyl (C=O) groups excluding carboxylic acids is 1. The molecule has 1 aromatic heterocycles. The van der Waals surface area contributed by atoms with Crippen LogP contribution >= 0.6 is 0 Å². The molecule has 1 heterocycles. The van der Waals surface area contributed by atoms with Gasteiger partial charge in [0, 0.05) is 18.5 Å². The maximum Gasteiger partial charge on any atom is 0.276 e. The number of hydrogen-bond acceptors (Lipinski definition) is 3. The molecule has 5 nitrogen and oxygen atoms in total. The van der Waals surface area contributed by atoms with Crippen molar-refractivity contribution in [2.75, 3.05) is 12.3 Å². The van der Waals surface area contributed by atoms with Crippen LogP contribution in [0.2, 0.25) is 0 Å². The molecule has 1 aliphatic carbocycles. The smallest absolute Gasteiger partial charge is 0.276 e. The van der Waals surface area contributed by atoms with E-state index in [9.17, 15) is 4.79 Å². The van der Waals surface area contributed by atoms with Gasteiger partial charge in [0.05, 0.1) is 11.4 Å². The average molecular weight is 278 g/mol. The molecule has 1 unspecified atom stereocenters. The lowest BCUT2D eigenvalue weighted by Crippen LogP contribution is -2.39. The number of nitrogens with one attached hydrogen (secondary N) is 1. The number of aromatic amines is 1. The highest BCUT2D eigenvalue weighted by Gasteiger charge is 2.32. The van der Waals surface area contributed by atoms with Crippen molar-refractivity contribution in [1.82, 2.24) is 15.1 Å². The molecule has 1 fully saturated rings. The largest absolute Gasteiger partial charge is 0.395 e. The van der Waals surface area contributed by atoms with E-state index in [-0.39, 0.29) is 11.9 Å². The first-order valence-corrected chi connectivity index (χ1v) is 7.74. The van der Waals surface area contributed by atoms with Gasteiger partial charge in [0.2, 0.25) is 0 Å². The summed E-state index contributed by atoms with van der Waals surface area (Å²) in [5.74, 6) is 0.449. The SMILES string of the molecule is CCCCN(C(=O)c1n[nH]c(C2CC2)c1N)C(C)CC. The summed E-state index contributed by atoms with van der Waals surface area (Å²) < 4.78 is 0. The minimum atomic E-state index is -0.0338. The fraction of sp³-hybridized carbons (Fsp3) is 0.733. The molecule has 2 rings (SSSR count). The van der Waals surface area contributed by atoms with E-state index in [0.29, 0.717) is 17.3 Å². The topological polar surface area (TPSA) is 75.0 Å². The fourth-order valence-corrected chi connectivity index (χ4v) is 2.42. The van der Waals surface area contributed by atoms with E-state index in [2.05, 4.69) is 31.0 Å². The van der Waals surface area contributed by atoms with Gasteiger partial charge >= 0.3 is 0 Å². The van der Waals surface area contributed by atoms with Gasteiger partial charge in [-0.05, 0) is 32.6 Å². The Balaban J connectivity index is 2.17. The summed E-state index contributed by atoms with van der Waals surface area (Å²) in [6.45, 7) is 7.08. The lowest BCUT2D eigenvalue weighted by atomic mass is 10.1. The van der Waals surface area contributed by atoms with Crippen molar-refractivity contribution in [1.29, 1.82) is 0 Å². The summed E-state index contributed by atoms with van der Waals surface area (Å²) in [6, 6.07) is 0.217. The maximum absolute atomic E-state index is 12.7. The Morgan fingerprint density at radius 1 is 1.50 bits per heavy atom. The molecule has 1 aromatic rings. The normalized spacial score (nSPS) is 16.1. The van der Waals surface area contributed by atoms with Crippen molar-refractivity contribution in [3.8, 4) is 0 Å². The van der Waals surface area contributed by atoms with Gasteiger partial charge in [-0.15, -0.1) is 0 Å². The third kappa shape index (κ3) is 2.97. The fourth-order valence-electron chi connectivity index (χ4n) is 2.42. The van der Waals surface area contributed by atoms with Crippen molar-refractivity contribution in [2.45, 2.75) is 64.8 Å². The molecular formula is C15H26N4O. The van der Waals surface area contributed by atoms with Gasteiger partial charge in [-0.3, -0.25) is 9.89 Å². The average Bonchev–Trinajstić information content (AvgIpc) is 3.21. The Morgan fingerprint density at radius 3 is 2.75 bits per heavy atom. The molecular weight excluding hydrogens is 252 g/mol. The van der Waals surface area contributed by atoms with Crippen molar-refractivity contribution >= 4 is 11.6 Å². The second-order valence-electron chi connectivity index (χ2n) is 5.78. The van der Waals surface area contributed by atoms with E-state index < -0.39 is 0 Å². The van der Waals surface area contributed by atoms with Crippen molar-refractivity contribution in [3.63, 3.8) is 0 Å². The highest BCUT2D eigenvalue weighted by atomic mass is 16.2. The van der Waals surface area contributed by atoms with Crippen molar-refractivity contribution in [2.24, 2.45) is 0 Å². The van der Waals surface area contributed by atoms with Crippen LogP contribution < -0.4 is 5.73 Å². The molecule has 5 heteroatoms. The second kappa shape index (κ2) is 6.29. The first kappa shape index (κ1) is 14.9. The number of nitrogen functional groups attached to an aromatic ring is 1. The minimum Gasteiger partial charge on any atom is -0.395 e. The molecule has 0 aliphatic heterocycles. The van der Waals surface area contributed by atoms with E-state index in [0.717, 1.165) is 44.3 Å². The lowest BCUT2D eigenvalue weighted by molar-refractivity contribution is 0.0680. The van der Waals surface area contributed by atoms with Gasteiger partial charge in [-0.2, -0.15) is 5.10 Å². The number of rotatable bonds is 7. The van der Waals surface area contributed by atoms with Gasteiger partial charge < -0.3 is 10.6 Å². The maximum atomic E-state index is 12.7. The van der Waals surface area contributed by atoms with Gasteiger partial charge in [0.15, 0.2) is 5.69 Å². The first-order chi connectivity index (χ1) is 9.60. The Morgan fingerprint density at radius 2 is 2.20 bits per heavy atom. The zero-order chi connectivity index (χ0) is 14.7. The molecule has 1 aliphatic rings. The first-order valence-electron chi connectivity index (χ1n) is 7.74. The molecule has 0 bridgehead atoms. The Hall–Kier alpha value is -1.52. The third-order valence-electron chi connectivity index (χ3n) is 4.16. The zero-order valence-electron chi connectivity index (χ0n) is 12.8. The molecule has 0 radical (unpaired) electrons. The van der Waals surface area contributed by atoms with E-state index in [4.69, 9.17) is 5.73 Å². The van der Waals surface area contributed by atoms with Crippen LogP contribution in [0, 0.1) is 0 Å². The predicted octanol–water partition coefficient (Wildman–Crippen LogP) is 2.91. The van der Waals surface area contributed by atoms with Crippen LogP contribution in [0.15, 0.2) is 0 Å². The van der Waals surface area contributed by atoms with Crippen molar-refractivity contribution in [3.05, 3.63) is 11.4 Å². The molecule has 0 spiro atoms. The second-order valence-corrected chi connectivity index (χ2v) is 5.78. The minimum absolute atomic E-state index is 0.0338. The Kier molecular flexibility index (Phi) is 4.68. The standard InChI is InChI=1S/C15H26N4O/c1-4-6-9-19(10(3)5-2)15(20)14-12(16)13(17-18-14)11-7-8-11/h10-11H,4-9,16H2,1-3H3,(H,17,18). The summed E-state index contributed by atoms with van der Waals surface area (Å²) in [5, 5.41) is 7.14. The van der Waals surface area contributed by atoms with Crippen LogP contribution in [-0.2, 0) is 0 Å². The summed E-state index contributed by atoms with van der Waals surface area (Å²) in [5.41, 5.74) is 8.03. The van der Waals surface area contributed by atoms with Gasteiger partial charge in [0.1, 0.15) is 0 Å². The number of hydrogen-bond donors (Lipinski definition) is 2. The summed E-state index contributed by atoms with van der Waals surface area (Å²) in [6.07, 6.45) is 5.31. The number of amides is 1. The number of unbranched alkanes of at least 4 members (excludes halogenated alkanes) is 1. The lowest BCUT2D eigenvalue weighted by Gasteiger charge is -2.28. The molecule has 1 atom stereocenters. The number of aromatic nitrogens is 2. The quantitative estimate of drug-likeness (QED) is 0.805. The number of H-pyrrole nitrogens is 1. The molecule has 0 aromatic carbocycles. The third-order valence-corrected chi connectivity index (χ3v) is 4.16. The van der Waals surface area contributed by atoms with Crippen LogP contribution in [0.4, 0.5) is 5.69 Å². The van der Waals surface area contributed by atoms with E-state index in [1.807, 2.05) is 4.90 Å². The number of anilines is 1. The van der Waals surface area contributed by atoms with Crippen molar-refractivity contribution < 1.29 is 4.79 Å². The van der Waals surface area contributed by atoms with Gasteiger partial charge in [-0.1, -0.05) is 20.3 Å². The van der Waals surface area contributed by atoms with Gasteiger partial charge in [-0.25, -0.2) is 0 Å². The highest BCUT2D eigenvalue weighted by molar-refractivity contribution is 5.98. The Bertz CT molecular complexity index is 464. The zero-order valence-corrected chi connectivity index (χ0v) is 12.8. The highest BCUT2D eigenvalue weighted by Crippen LogP contribution is 2.42. The van der Waals surface area contributed by atoms with Crippen LogP contribution in [0.1, 0.15) is 75.0 Å². The molecule has 20 heavy (non-hydrogen) atoms. The van der Waals surface area contributed by atoms with Crippen LogP contribution in [0.3, 0.4) is 0 Å². The van der Waals surface area contributed by atoms with Crippen LogP contribution in [-0.4, -0.2) is 33.6 Å². The molecule has 112 valence electrons. The number of carbonyl (C=O) groups is 1. The number of nitrogens with two attached hydrogens (primary N) is 1. The molecule has 1 amide bonds. The van der Waals surface area contributed by atoms with E-state index in [1.165, 1.54) is 0 Å². The molecule has 3 N–H and O–H groups in total.